The van der Waals surface area contributed by atoms with E-state index in [0.717, 1.165) is 6.07 Å². The molecule has 72 valence electrons. The third-order valence-electron chi connectivity index (χ3n) is 1.62. The van der Waals surface area contributed by atoms with E-state index in [1.165, 1.54) is 13.2 Å². The summed E-state index contributed by atoms with van der Waals surface area (Å²) in [7, 11) is 1.18. The maximum absolute atomic E-state index is 10.6. The van der Waals surface area contributed by atoms with Crippen molar-refractivity contribution in [2.75, 3.05) is 7.11 Å². The first-order valence-corrected chi connectivity index (χ1v) is 3.56. The smallest absolute Gasteiger partial charge is 0.332 e. The molecule has 0 fully saturated rings. The van der Waals surface area contributed by atoms with Crippen molar-refractivity contribution in [2.45, 2.75) is 0 Å². The van der Waals surface area contributed by atoms with Gasteiger partial charge in [-0.25, -0.2) is 0 Å². The van der Waals surface area contributed by atoms with E-state index in [-0.39, 0.29) is 17.1 Å². The van der Waals surface area contributed by atoms with E-state index >= 15 is 0 Å². The third-order valence-corrected chi connectivity index (χ3v) is 1.62. The van der Waals surface area contributed by atoms with Crippen LogP contribution in [0.2, 0.25) is 0 Å². The first kappa shape index (κ1) is 9.80. The molecule has 0 spiro atoms. The molecule has 0 saturated carbocycles. The number of hydrogen-bond donors (Lipinski definition) is 1. The number of benzene rings is 1. The second-order valence-electron chi connectivity index (χ2n) is 2.38. The summed E-state index contributed by atoms with van der Waals surface area (Å²) in [5.41, 5.74) is -0.667. The average Bonchev–Trinajstić information content (AvgIpc) is 2.17. The van der Waals surface area contributed by atoms with Crippen LogP contribution in [0.15, 0.2) is 12.1 Å². The molecule has 0 atom stereocenters. The zero-order valence-electron chi connectivity index (χ0n) is 7.22. The van der Waals surface area contributed by atoms with Crippen LogP contribution in [0.3, 0.4) is 0 Å². The van der Waals surface area contributed by atoms with Crippen molar-refractivity contribution in [2.24, 2.45) is 0 Å². The lowest BCUT2D eigenvalue weighted by molar-refractivity contribution is -0.386. The van der Waals surface area contributed by atoms with Gasteiger partial charge in [0.2, 0.25) is 5.75 Å². The first-order valence-electron chi connectivity index (χ1n) is 3.56. The maximum atomic E-state index is 10.6. The summed E-state index contributed by atoms with van der Waals surface area (Å²) in [6, 6.07) is 3.98. The quantitative estimate of drug-likeness (QED) is 0.563. The number of hydrogen-bond acceptors (Lipinski definition) is 5. The number of nitriles is 1. The van der Waals surface area contributed by atoms with Crippen LogP contribution in [0, 0.1) is 21.4 Å². The zero-order valence-corrected chi connectivity index (χ0v) is 7.22. The number of rotatable bonds is 2. The van der Waals surface area contributed by atoms with Crippen LogP contribution in [0.25, 0.3) is 0 Å². The predicted molar refractivity (Wildman–Crippen MR) is 46.0 cm³/mol. The molecule has 1 aromatic carbocycles. The fourth-order valence-corrected chi connectivity index (χ4v) is 1.03. The summed E-state index contributed by atoms with van der Waals surface area (Å²) >= 11 is 0. The average molecular weight is 194 g/mol. The highest BCUT2D eigenvalue weighted by Gasteiger charge is 2.23. The molecule has 6 heteroatoms. The van der Waals surface area contributed by atoms with E-state index < -0.39 is 10.6 Å². The van der Waals surface area contributed by atoms with E-state index in [4.69, 9.17) is 5.26 Å². The molecule has 0 bridgehead atoms. The minimum Gasteiger partial charge on any atom is -0.504 e. The molecule has 0 aliphatic rings. The number of methoxy groups -OCH3 is 1. The van der Waals surface area contributed by atoms with Crippen LogP contribution in [0.4, 0.5) is 5.69 Å². The molecular formula is C8H6N2O4. The lowest BCUT2D eigenvalue weighted by Gasteiger charge is -2.04. The highest BCUT2D eigenvalue weighted by Crippen LogP contribution is 2.38. The third kappa shape index (κ3) is 1.43. The Hall–Kier alpha value is -2.29. The summed E-state index contributed by atoms with van der Waals surface area (Å²) in [4.78, 5) is 9.81. The summed E-state index contributed by atoms with van der Waals surface area (Å²) in [5, 5.41) is 28.4. The zero-order chi connectivity index (χ0) is 10.7. The van der Waals surface area contributed by atoms with Crippen LogP contribution >= 0.6 is 0 Å². The van der Waals surface area contributed by atoms with Crippen LogP contribution in [-0.4, -0.2) is 17.1 Å². The first-order chi connectivity index (χ1) is 6.61. The van der Waals surface area contributed by atoms with Gasteiger partial charge in [0.05, 0.1) is 12.0 Å². The standard InChI is InChI=1S/C8H6N2O4/c1-14-8-6(11)3-2-5(4-9)7(8)10(12)13/h2-3,11H,1H3. The van der Waals surface area contributed by atoms with Gasteiger partial charge in [0.15, 0.2) is 5.75 Å². The molecule has 0 aromatic heterocycles. The van der Waals surface area contributed by atoms with Gasteiger partial charge in [0.1, 0.15) is 11.6 Å². The summed E-state index contributed by atoms with van der Waals surface area (Å²) in [6.45, 7) is 0. The number of nitro groups is 1. The van der Waals surface area contributed by atoms with E-state index in [1.807, 2.05) is 0 Å². The highest BCUT2D eigenvalue weighted by atomic mass is 16.6. The van der Waals surface area contributed by atoms with Gasteiger partial charge >= 0.3 is 5.69 Å². The SMILES string of the molecule is COc1c(O)ccc(C#N)c1[N+](=O)[O-]. The molecule has 6 nitrogen and oxygen atoms in total. The van der Waals surface area contributed by atoms with E-state index in [2.05, 4.69) is 4.74 Å². The summed E-state index contributed by atoms with van der Waals surface area (Å²) in [5.74, 6) is -0.660. The molecule has 0 radical (unpaired) electrons. The maximum Gasteiger partial charge on any atom is 0.332 e. The van der Waals surface area contributed by atoms with Crippen molar-refractivity contribution < 1.29 is 14.8 Å². The second-order valence-corrected chi connectivity index (χ2v) is 2.38. The molecule has 0 aliphatic heterocycles. The lowest BCUT2D eigenvalue weighted by atomic mass is 10.1. The Morgan fingerprint density at radius 3 is 2.71 bits per heavy atom. The fraction of sp³-hybridized carbons (Fsp3) is 0.125. The van der Waals surface area contributed by atoms with Gasteiger partial charge in [-0.15, -0.1) is 0 Å². The number of nitro benzene ring substituents is 1. The van der Waals surface area contributed by atoms with Crippen LogP contribution in [0.1, 0.15) is 5.56 Å². The van der Waals surface area contributed by atoms with Crippen LogP contribution < -0.4 is 4.74 Å². The Morgan fingerprint density at radius 1 is 1.64 bits per heavy atom. The van der Waals surface area contributed by atoms with E-state index in [1.54, 1.807) is 6.07 Å². The van der Waals surface area contributed by atoms with Crippen molar-refractivity contribution in [3.8, 4) is 17.6 Å². The molecule has 1 N–H and O–H groups in total. The highest BCUT2D eigenvalue weighted by molar-refractivity contribution is 5.63. The number of phenols is 1. The topological polar surface area (TPSA) is 96.4 Å². The molecule has 0 unspecified atom stereocenters. The summed E-state index contributed by atoms with van der Waals surface area (Å²) in [6.07, 6.45) is 0. The van der Waals surface area contributed by atoms with Gasteiger partial charge in [-0.05, 0) is 12.1 Å². The van der Waals surface area contributed by atoms with Crippen molar-refractivity contribution in [1.29, 1.82) is 5.26 Å². The largest absolute Gasteiger partial charge is 0.504 e. The molecule has 1 aromatic rings. The lowest BCUT2D eigenvalue weighted by Crippen LogP contribution is -1.97. The van der Waals surface area contributed by atoms with Crippen molar-refractivity contribution in [3.63, 3.8) is 0 Å². The molecule has 14 heavy (non-hydrogen) atoms. The molecule has 1 rings (SSSR count). The Morgan fingerprint density at radius 2 is 2.29 bits per heavy atom. The van der Waals surface area contributed by atoms with Gasteiger partial charge in [0, 0.05) is 0 Å². The van der Waals surface area contributed by atoms with E-state index in [0.29, 0.717) is 0 Å². The van der Waals surface area contributed by atoms with Crippen molar-refractivity contribution >= 4 is 5.69 Å². The van der Waals surface area contributed by atoms with Gasteiger partial charge in [0.25, 0.3) is 0 Å². The second kappa shape index (κ2) is 3.62. The molecular weight excluding hydrogens is 188 g/mol. The van der Waals surface area contributed by atoms with Crippen LogP contribution in [-0.2, 0) is 0 Å². The molecule has 0 heterocycles. The monoisotopic (exact) mass is 194 g/mol. The molecule has 0 amide bonds. The minimum absolute atomic E-state index is 0.148. The molecule has 0 saturated heterocycles. The predicted octanol–water partition coefficient (Wildman–Crippen LogP) is 1.18. The summed E-state index contributed by atoms with van der Waals surface area (Å²) < 4.78 is 4.64. The normalized spacial score (nSPS) is 9.14. The van der Waals surface area contributed by atoms with Crippen molar-refractivity contribution in [3.05, 3.63) is 27.8 Å². The fourth-order valence-electron chi connectivity index (χ4n) is 1.03. The Kier molecular flexibility index (Phi) is 2.53. The van der Waals surface area contributed by atoms with Gasteiger partial charge < -0.3 is 9.84 Å². The van der Waals surface area contributed by atoms with Gasteiger partial charge in [-0.2, -0.15) is 5.26 Å². The number of ether oxygens (including phenoxy) is 1. The van der Waals surface area contributed by atoms with Gasteiger partial charge in [-0.3, -0.25) is 10.1 Å². The van der Waals surface area contributed by atoms with Gasteiger partial charge in [-0.1, -0.05) is 0 Å². The van der Waals surface area contributed by atoms with Crippen LogP contribution in [0.5, 0.6) is 11.5 Å². The number of nitrogens with zero attached hydrogens (tertiary/aromatic N) is 2. The Labute approximate surface area is 79.1 Å². The van der Waals surface area contributed by atoms with E-state index in [9.17, 15) is 15.2 Å². The Balaban J connectivity index is 3.54. The minimum atomic E-state index is -0.767. The number of aromatic hydroxyl groups is 1. The Bertz CT molecular complexity index is 422. The molecule has 0 aliphatic carbocycles. The van der Waals surface area contributed by atoms with Crippen molar-refractivity contribution in [1.82, 2.24) is 0 Å². The number of phenolic OH excluding ortho intramolecular Hbond substituents is 1.